The van der Waals surface area contributed by atoms with E-state index in [9.17, 15) is 4.79 Å². The molecule has 1 amide bonds. The van der Waals surface area contributed by atoms with Gasteiger partial charge < -0.3 is 19.1 Å². The van der Waals surface area contributed by atoms with Crippen LogP contribution >= 0.6 is 28.1 Å². The van der Waals surface area contributed by atoms with Crippen molar-refractivity contribution in [2.75, 3.05) is 32.3 Å². The quantitative estimate of drug-likeness (QED) is 0.317. The SMILES string of the molecule is C#CCOc1c(Br)cc(/C=C2/C(=O)N(c3ccc(OCC)cc3)C(=S)N2C)cc1OC. The van der Waals surface area contributed by atoms with E-state index < -0.39 is 0 Å². The van der Waals surface area contributed by atoms with Crippen LogP contribution in [0.2, 0.25) is 0 Å². The maximum absolute atomic E-state index is 13.2. The molecule has 6 nitrogen and oxygen atoms in total. The molecule has 1 heterocycles. The Labute approximate surface area is 195 Å². The summed E-state index contributed by atoms with van der Waals surface area (Å²) in [5, 5.41) is 0.389. The number of hydrogen-bond acceptors (Lipinski definition) is 5. The van der Waals surface area contributed by atoms with Crippen molar-refractivity contribution in [1.82, 2.24) is 4.90 Å². The monoisotopic (exact) mass is 500 g/mol. The fraction of sp³-hybridized carbons (Fsp3) is 0.217. The number of rotatable bonds is 7. The van der Waals surface area contributed by atoms with Crippen LogP contribution in [0.4, 0.5) is 5.69 Å². The average molecular weight is 501 g/mol. The Bertz CT molecular complexity index is 1080. The molecule has 0 aliphatic carbocycles. The molecule has 0 spiro atoms. The van der Waals surface area contributed by atoms with E-state index in [4.69, 9.17) is 32.9 Å². The molecule has 0 aromatic heterocycles. The molecule has 1 fully saturated rings. The zero-order valence-corrected chi connectivity index (χ0v) is 19.7. The van der Waals surface area contributed by atoms with Crippen LogP contribution in [0.15, 0.2) is 46.6 Å². The van der Waals surface area contributed by atoms with Crippen LogP contribution in [0.3, 0.4) is 0 Å². The Kier molecular flexibility index (Phi) is 7.21. The molecule has 0 atom stereocenters. The van der Waals surface area contributed by atoms with Crippen LogP contribution in [0.5, 0.6) is 17.2 Å². The van der Waals surface area contributed by atoms with Gasteiger partial charge in [0.15, 0.2) is 16.6 Å². The third kappa shape index (κ3) is 4.68. The number of amides is 1. The molecule has 0 radical (unpaired) electrons. The summed E-state index contributed by atoms with van der Waals surface area (Å²) in [5.41, 5.74) is 1.85. The molecule has 1 saturated heterocycles. The Morgan fingerprint density at radius 2 is 1.94 bits per heavy atom. The number of methoxy groups -OCH3 is 1. The maximum atomic E-state index is 13.2. The number of nitrogens with zero attached hydrogens (tertiary/aromatic N) is 2. The van der Waals surface area contributed by atoms with Crippen LogP contribution < -0.4 is 19.1 Å². The second-order valence-electron chi connectivity index (χ2n) is 6.47. The van der Waals surface area contributed by atoms with Crippen LogP contribution in [0.1, 0.15) is 12.5 Å². The van der Waals surface area contributed by atoms with Crippen LogP contribution in [0.25, 0.3) is 6.08 Å². The minimum absolute atomic E-state index is 0.113. The van der Waals surface area contributed by atoms with Gasteiger partial charge in [0.05, 0.1) is 23.9 Å². The number of benzene rings is 2. The molecule has 0 saturated carbocycles. The molecule has 2 aromatic rings. The van der Waals surface area contributed by atoms with Gasteiger partial charge in [0.1, 0.15) is 18.1 Å². The molecule has 1 aliphatic heterocycles. The van der Waals surface area contributed by atoms with Crippen LogP contribution in [0, 0.1) is 12.3 Å². The topological polar surface area (TPSA) is 51.2 Å². The maximum Gasteiger partial charge on any atom is 0.281 e. The molecular weight excluding hydrogens is 480 g/mol. The van der Waals surface area contributed by atoms with Gasteiger partial charge in [-0.3, -0.25) is 9.69 Å². The summed E-state index contributed by atoms with van der Waals surface area (Å²) < 4.78 is 17.1. The molecule has 3 rings (SSSR count). The zero-order chi connectivity index (χ0) is 22.5. The lowest BCUT2D eigenvalue weighted by Crippen LogP contribution is -2.31. The number of hydrogen-bond donors (Lipinski definition) is 0. The predicted molar refractivity (Wildman–Crippen MR) is 128 cm³/mol. The largest absolute Gasteiger partial charge is 0.494 e. The van der Waals surface area contributed by atoms with Gasteiger partial charge in [-0.2, -0.15) is 0 Å². The number of thiocarbonyl (C=S) groups is 1. The van der Waals surface area contributed by atoms with E-state index in [0.29, 0.717) is 39.1 Å². The van der Waals surface area contributed by atoms with Gasteiger partial charge in [-0.25, -0.2) is 0 Å². The molecular formula is C23H21BrN2O4S. The van der Waals surface area contributed by atoms with Crippen LogP contribution in [-0.4, -0.2) is 43.3 Å². The minimum atomic E-state index is -0.223. The Balaban J connectivity index is 1.94. The Morgan fingerprint density at radius 1 is 1.23 bits per heavy atom. The molecule has 1 aliphatic rings. The molecule has 2 aromatic carbocycles. The van der Waals surface area contributed by atoms with Crippen LogP contribution in [-0.2, 0) is 4.79 Å². The van der Waals surface area contributed by atoms with Crippen molar-refractivity contribution < 1.29 is 19.0 Å². The highest BCUT2D eigenvalue weighted by Crippen LogP contribution is 2.38. The average Bonchev–Trinajstić information content (AvgIpc) is 2.97. The summed E-state index contributed by atoms with van der Waals surface area (Å²) in [4.78, 5) is 16.4. The highest BCUT2D eigenvalue weighted by Gasteiger charge is 2.36. The third-order valence-corrected chi connectivity index (χ3v) is 5.57. The molecule has 0 N–H and O–H groups in total. The number of halogens is 1. The summed E-state index contributed by atoms with van der Waals surface area (Å²) >= 11 is 9.01. The van der Waals surface area contributed by atoms with Crippen molar-refractivity contribution in [2.45, 2.75) is 6.92 Å². The summed E-state index contributed by atoms with van der Waals surface area (Å²) in [5.74, 6) is 3.93. The number of ether oxygens (including phenoxy) is 3. The molecule has 160 valence electrons. The van der Waals surface area contributed by atoms with Gasteiger partial charge in [-0.15, -0.1) is 6.42 Å². The van der Waals surface area contributed by atoms with Crippen molar-refractivity contribution >= 4 is 50.9 Å². The van der Waals surface area contributed by atoms with Crippen molar-refractivity contribution in [1.29, 1.82) is 0 Å². The van der Waals surface area contributed by atoms with Crippen molar-refractivity contribution in [3.63, 3.8) is 0 Å². The van der Waals surface area contributed by atoms with E-state index in [2.05, 4.69) is 21.9 Å². The summed E-state index contributed by atoms with van der Waals surface area (Å²) in [6, 6.07) is 10.8. The molecule has 31 heavy (non-hydrogen) atoms. The number of likely N-dealkylation sites (N-methyl/N-ethyl adjacent to an activating group) is 1. The van der Waals surface area contributed by atoms with E-state index in [1.807, 2.05) is 37.3 Å². The smallest absolute Gasteiger partial charge is 0.281 e. The standard InChI is InChI=1S/C23H21BrN2O4S/c1-5-11-30-21-18(24)12-15(14-20(21)28-4)13-19-22(27)26(23(31)25(19)3)16-7-9-17(10-8-16)29-6-2/h1,7-10,12-14H,6,11H2,2-4H3/b19-13-. The van der Waals surface area contributed by atoms with Gasteiger partial charge in [0.25, 0.3) is 5.91 Å². The molecule has 0 unspecified atom stereocenters. The summed E-state index contributed by atoms with van der Waals surface area (Å²) in [6.07, 6.45) is 7.03. The second-order valence-corrected chi connectivity index (χ2v) is 7.69. The van der Waals surface area contributed by atoms with E-state index in [-0.39, 0.29) is 12.5 Å². The lowest BCUT2D eigenvalue weighted by Gasteiger charge is -2.16. The lowest BCUT2D eigenvalue weighted by atomic mass is 10.1. The van der Waals surface area contributed by atoms with Gasteiger partial charge in [-0.05, 0) is 83.1 Å². The fourth-order valence-corrected chi connectivity index (χ4v) is 3.94. The normalized spacial score (nSPS) is 14.7. The van der Waals surface area contributed by atoms with Gasteiger partial charge in [0, 0.05) is 7.05 Å². The zero-order valence-electron chi connectivity index (χ0n) is 17.3. The summed E-state index contributed by atoms with van der Waals surface area (Å²) in [6.45, 7) is 2.60. The first kappa shape index (κ1) is 22.7. The predicted octanol–water partition coefficient (Wildman–Crippen LogP) is 4.47. The van der Waals surface area contributed by atoms with E-state index in [1.54, 1.807) is 24.1 Å². The Hall–Kier alpha value is -3.02. The second kappa shape index (κ2) is 9.86. The summed E-state index contributed by atoms with van der Waals surface area (Å²) in [7, 11) is 3.30. The first-order chi connectivity index (χ1) is 14.9. The fourth-order valence-electron chi connectivity index (χ4n) is 3.08. The van der Waals surface area contributed by atoms with E-state index in [0.717, 1.165) is 11.3 Å². The number of terminal acetylenes is 1. The number of carbonyl (C=O) groups is 1. The number of anilines is 1. The first-order valence-corrected chi connectivity index (χ1v) is 10.6. The third-order valence-electron chi connectivity index (χ3n) is 4.52. The highest BCUT2D eigenvalue weighted by atomic mass is 79.9. The van der Waals surface area contributed by atoms with Crippen molar-refractivity contribution in [3.8, 4) is 29.6 Å². The lowest BCUT2D eigenvalue weighted by molar-refractivity contribution is -0.114. The van der Waals surface area contributed by atoms with Gasteiger partial charge in [0.2, 0.25) is 0 Å². The highest BCUT2D eigenvalue weighted by molar-refractivity contribution is 9.10. The first-order valence-electron chi connectivity index (χ1n) is 9.41. The van der Waals surface area contributed by atoms with Gasteiger partial charge in [-0.1, -0.05) is 5.92 Å². The van der Waals surface area contributed by atoms with Crippen molar-refractivity contribution in [2.24, 2.45) is 0 Å². The Morgan fingerprint density at radius 3 is 2.55 bits per heavy atom. The minimum Gasteiger partial charge on any atom is -0.494 e. The number of carbonyl (C=O) groups excluding carboxylic acids is 1. The van der Waals surface area contributed by atoms with Gasteiger partial charge >= 0.3 is 0 Å². The van der Waals surface area contributed by atoms with Crippen molar-refractivity contribution in [3.05, 3.63) is 52.1 Å². The van der Waals surface area contributed by atoms with E-state index in [1.165, 1.54) is 12.0 Å². The molecule has 0 bridgehead atoms. The van der Waals surface area contributed by atoms with E-state index >= 15 is 0 Å². The molecule has 8 heteroatoms.